The Morgan fingerprint density at radius 2 is 2.05 bits per heavy atom. The van der Waals surface area contributed by atoms with Crippen LogP contribution in [0.3, 0.4) is 0 Å². The van der Waals surface area contributed by atoms with Crippen LogP contribution in [0, 0.1) is 11.6 Å². The van der Waals surface area contributed by atoms with Crippen molar-refractivity contribution in [3.8, 4) is 17.4 Å². The number of ether oxygens (including phenoxy) is 3. The third-order valence-electron chi connectivity index (χ3n) is 2.56. The van der Waals surface area contributed by atoms with Crippen LogP contribution in [0.15, 0.2) is 30.5 Å². The molecule has 0 saturated heterocycles. The third-order valence-corrected chi connectivity index (χ3v) is 2.56. The highest BCUT2D eigenvalue weighted by Gasteiger charge is 2.14. The van der Waals surface area contributed by atoms with Crippen LogP contribution in [0.2, 0.25) is 0 Å². The number of halogens is 2. The number of carbonyl (C=O) groups is 1. The van der Waals surface area contributed by atoms with Crippen molar-refractivity contribution >= 4 is 11.7 Å². The maximum Gasteiger partial charge on any atom is 0.343 e. The van der Waals surface area contributed by atoms with Crippen molar-refractivity contribution < 1.29 is 27.8 Å². The Morgan fingerprint density at radius 3 is 2.77 bits per heavy atom. The van der Waals surface area contributed by atoms with Gasteiger partial charge in [-0.2, -0.15) is 0 Å². The Hall–Kier alpha value is -2.90. The minimum atomic E-state index is -0.936. The molecule has 0 spiro atoms. The largest absolute Gasteiger partial charge is 0.466 e. The van der Waals surface area contributed by atoms with Gasteiger partial charge in [0.2, 0.25) is 0 Å². The van der Waals surface area contributed by atoms with Crippen LogP contribution in [-0.4, -0.2) is 24.7 Å². The highest BCUT2D eigenvalue weighted by atomic mass is 19.1. The van der Waals surface area contributed by atoms with Gasteiger partial charge in [-0.25, -0.2) is 18.6 Å². The number of hydrogen-bond acceptors (Lipinski definition) is 6. The third kappa shape index (κ3) is 3.60. The minimum absolute atomic E-state index is 0.0383. The summed E-state index contributed by atoms with van der Waals surface area (Å²) in [7, 11) is 1.21. The minimum Gasteiger partial charge on any atom is -0.466 e. The Morgan fingerprint density at radius 1 is 1.27 bits per heavy atom. The predicted octanol–water partition coefficient (Wildman–Crippen LogP) is 2.29. The number of carbonyl (C=O) groups excluding carboxylic acids is 1. The Labute approximate surface area is 124 Å². The lowest BCUT2D eigenvalue weighted by molar-refractivity contribution is -0.143. The molecule has 1 heterocycles. The first-order valence-corrected chi connectivity index (χ1v) is 6.08. The number of nitrogens with two attached hydrogens (primary N) is 1. The van der Waals surface area contributed by atoms with Gasteiger partial charge in [0.25, 0.3) is 5.88 Å². The Bertz CT molecular complexity index is 695. The summed E-state index contributed by atoms with van der Waals surface area (Å²) >= 11 is 0. The lowest BCUT2D eigenvalue weighted by atomic mass is 10.3. The maximum absolute atomic E-state index is 13.7. The van der Waals surface area contributed by atoms with Gasteiger partial charge in [0, 0.05) is 18.3 Å². The quantitative estimate of drug-likeness (QED) is 0.674. The molecule has 0 bridgehead atoms. The maximum atomic E-state index is 13.7. The summed E-state index contributed by atoms with van der Waals surface area (Å²) in [4.78, 5) is 14.9. The number of nitrogen functional groups attached to an aromatic ring is 1. The topological polar surface area (TPSA) is 83.7 Å². The number of benzene rings is 1. The van der Waals surface area contributed by atoms with Crippen molar-refractivity contribution in [1.82, 2.24) is 4.98 Å². The van der Waals surface area contributed by atoms with Gasteiger partial charge < -0.3 is 19.9 Å². The summed E-state index contributed by atoms with van der Waals surface area (Å²) in [6, 6.07) is 4.57. The molecular weight excluding hydrogens is 298 g/mol. The van der Waals surface area contributed by atoms with E-state index in [-0.39, 0.29) is 23.1 Å². The van der Waals surface area contributed by atoms with E-state index in [0.29, 0.717) is 6.07 Å². The standard InChI is InChI=1S/C14H12F2N2O4/c1-20-13(19)7-21-14-11(3-2-4-18-14)22-12-6-10(17)8(15)5-9(12)16/h2-6H,7,17H2,1H3. The number of aromatic nitrogens is 1. The highest BCUT2D eigenvalue weighted by Crippen LogP contribution is 2.32. The molecule has 1 aromatic heterocycles. The van der Waals surface area contributed by atoms with E-state index in [0.717, 1.165) is 6.07 Å². The second-order valence-corrected chi connectivity index (χ2v) is 4.08. The molecule has 0 aliphatic carbocycles. The van der Waals surface area contributed by atoms with E-state index in [1.54, 1.807) is 0 Å². The number of esters is 1. The first-order chi connectivity index (χ1) is 10.5. The van der Waals surface area contributed by atoms with Crippen molar-refractivity contribution in [2.75, 3.05) is 19.5 Å². The van der Waals surface area contributed by atoms with Gasteiger partial charge in [0.1, 0.15) is 5.82 Å². The number of methoxy groups -OCH3 is 1. The van der Waals surface area contributed by atoms with Crippen LogP contribution in [0.4, 0.5) is 14.5 Å². The van der Waals surface area contributed by atoms with Gasteiger partial charge in [-0.1, -0.05) is 0 Å². The van der Waals surface area contributed by atoms with Crippen molar-refractivity contribution in [2.45, 2.75) is 0 Å². The molecule has 6 nitrogen and oxygen atoms in total. The van der Waals surface area contributed by atoms with E-state index in [1.807, 2.05) is 0 Å². The average Bonchev–Trinajstić information content (AvgIpc) is 2.51. The molecule has 0 unspecified atom stereocenters. The number of pyridine rings is 1. The van der Waals surface area contributed by atoms with Gasteiger partial charge in [-0.05, 0) is 12.1 Å². The van der Waals surface area contributed by atoms with E-state index in [9.17, 15) is 13.6 Å². The molecule has 0 atom stereocenters. The van der Waals surface area contributed by atoms with E-state index in [4.69, 9.17) is 15.2 Å². The number of anilines is 1. The Balaban J connectivity index is 2.23. The normalized spacial score (nSPS) is 10.1. The molecular formula is C14H12F2N2O4. The number of rotatable bonds is 5. The summed E-state index contributed by atoms with van der Waals surface area (Å²) in [5.41, 5.74) is 5.10. The van der Waals surface area contributed by atoms with Crippen LogP contribution in [-0.2, 0) is 9.53 Å². The fraction of sp³-hybridized carbons (Fsp3) is 0.143. The summed E-state index contributed by atoms with van der Waals surface area (Å²) in [6.07, 6.45) is 1.40. The van der Waals surface area contributed by atoms with Gasteiger partial charge in [-0.3, -0.25) is 0 Å². The monoisotopic (exact) mass is 310 g/mol. The van der Waals surface area contributed by atoms with E-state index in [2.05, 4.69) is 9.72 Å². The molecule has 0 aliphatic heterocycles. The molecule has 2 N–H and O–H groups in total. The lowest BCUT2D eigenvalue weighted by Crippen LogP contribution is -2.13. The zero-order valence-corrected chi connectivity index (χ0v) is 11.5. The molecule has 22 heavy (non-hydrogen) atoms. The van der Waals surface area contributed by atoms with Crippen LogP contribution in [0.1, 0.15) is 0 Å². The first-order valence-electron chi connectivity index (χ1n) is 6.08. The molecule has 2 rings (SSSR count). The van der Waals surface area contributed by atoms with Crippen molar-refractivity contribution in [3.05, 3.63) is 42.1 Å². The molecule has 0 aliphatic rings. The van der Waals surface area contributed by atoms with Crippen molar-refractivity contribution in [3.63, 3.8) is 0 Å². The SMILES string of the molecule is COC(=O)COc1ncccc1Oc1cc(N)c(F)cc1F. The number of nitrogens with zero attached hydrogens (tertiary/aromatic N) is 1. The summed E-state index contributed by atoms with van der Waals surface area (Å²) < 4.78 is 41.6. The zero-order valence-electron chi connectivity index (χ0n) is 11.5. The van der Waals surface area contributed by atoms with Crippen molar-refractivity contribution in [1.29, 1.82) is 0 Å². The molecule has 0 amide bonds. The summed E-state index contributed by atoms with van der Waals surface area (Å²) in [5, 5.41) is 0. The molecule has 0 saturated carbocycles. The Kier molecular flexibility index (Phi) is 4.72. The molecule has 116 valence electrons. The summed E-state index contributed by atoms with van der Waals surface area (Å²) in [6.45, 7) is -0.391. The molecule has 0 radical (unpaired) electrons. The van der Waals surface area contributed by atoms with E-state index in [1.165, 1.54) is 25.4 Å². The second-order valence-electron chi connectivity index (χ2n) is 4.08. The van der Waals surface area contributed by atoms with Crippen LogP contribution in [0.5, 0.6) is 17.4 Å². The first kappa shape index (κ1) is 15.5. The fourth-order valence-electron chi connectivity index (χ4n) is 1.49. The van der Waals surface area contributed by atoms with E-state index < -0.39 is 24.2 Å². The lowest BCUT2D eigenvalue weighted by Gasteiger charge is -2.11. The van der Waals surface area contributed by atoms with E-state index >= 15 is 0 Å². The molecule has 0 fully saturated rings. The smallest absolute Gasteiger partial charge is 0.343 e. The zero-order chi connectivity index (χ0) is 16.1. The highest BCUT2D eigenvalue weighted by molar-refractivity contribution is 5.70. The van der Waals surface area contributed by atoms with Crippen LogP contribution in [0.25, 0.3) is 0 Å². The van der Waals surface area contributed by atoms with Crippen LogP contribution >= 0.6 is 0 Å². The average molecular weight is 310 g/mol. The van der Waals surface area contributed by atoms with Gasteiger partial charge in [-0.15, -0.1) is 0 Å². The van der Waals surface area contributed by atoms with Gasteiger partial charge in [0.05, 0.1) is 12.8 Å². The van der Waals surface area contributed by atoms with Gasteiger partial charge >= 0.3 is 5.97 Å². The van der Waals surface area contributed by atoms with Gasteiger partial charge in [0.15, 0.2) is 23.9 Å². The second kappa shape index (κ2) is 6.70. The number of hydrogen-bond donors (Lipinski definition) is 1. The molecule has 8 heteroatoms. The predicted molar refractivity (Wildman–Crippen MR) is 72.6 cm³/mol. The molecule has 2 aromatic rings. The van der Waals surface area contributed by atoms with Crippen molar-refractivity contribution in [2.24, 2.45) is 0 Å². The van der Waals surface area contributed by atoms with Crippen LogP contribution < -0.4 is 15.2 Å². The molecule has 1 aromatic carbocycles. The summed E-state index contributed by atoms with van der Waals surface area (Å²) in [5.74, 6) is -2.75. The fourth-order valence-corrected chi connectivity index (χ4v) is 1.49.